The van der Waals surface area contributed by atoms with Gasteiger partial charge in [0.05, 0.1) is 55.5 Å². The van der Waals surface area contributed by atoms with Gasteiger partial charge in [0.1, 0.15) is 0 Å². The number of hydrogen-bond donors (Lipinski definition) is 0. The molecule has 0 atom stereocenters. The number of para-hydroxylation sites is 6. The van der Waals surface area contributed by atoms with Crippen LogP contribution in [0.3, 0.4) is 0 Å². The van der Waals surface area contributed by atoms with E-state index < -0.39 is 0 Å². The highest BCUT2D eigenvalue weighted by Crippen LogP contribution is 2.50. The van der Waals surface area contributed by atoms with Crippen molar-refractivity contribution in [3.8, 4) is 112 Å². The van der Waals surface area contributed by atoms with E-state index in [1.165, 1.54) is 193 Å². The molecule has 0 saturated heterocycles. The highest BCUT2D eigenvalue weighted by atomic mass is 15.0. The van der Waals surface area contributed by atoms with E-state index in [2.05, 4.69) is 382 Å². The van der Waals surface area contributed by atoms with Crippen molar-refractivity contribution in [3.63, 3.8) is 0 Å². The van der Waals surface area contributed by atoms with Crippen LogP contribution in [0.5, 0.6) is 0 Å². The van der Waals surface area contributed by atoms with E-state index in [4.69, 9.17) is 0 Å². The van der Waals surface area contributed by atoms with Crippen LogP contribution in [0.15, 0.2) is 364 Å². The van der Waals surface area contributed by atoms with Crippen LogP contribution in [0.25, 0.3) is 199 Å². The van der Waals surface area contributed by atoms with Gasteiger partial charge in [-0.2, -0.15) is 0 Å². The van der Waals surface area contributed by atoms with Gasteiger partial charge in [-0.25, -0.2) is 0 Å². The highest BCUT2D eigenvalue weighted by Gasteiger charge is 2.27. The van der Waals surface area contributed by atoms with Crippen LogP contribution in [0.4, 0.5) is 0 Å². The minimum atomic E-state index is 1.16. The SMILES string of the molecule is c1ccc(-c2ccc(-n3c4ccccc4c4cc(-c5ccc6c(c5)c5cccc7c5n6-c5ccccc5-c5ccccc5-7)ccc43)cc2)cc1.c1ccc(-c2cccc(-n3c4ccccc4c4cc(-c5ccc6c(c5)c5cccc7c5n6-c5ccccc5-c5ccccc5-7)ccc43)c2)cc1. The average molecular weight is 1270 g/mol. The topological polar surface area (TPSA) is 19.7 Å². The Hall–Kier alpha value is -13.3. The van der Waals surface area contributed by atoms with Gasteiger partial charge in [0, 0.05) is 76.7 Å². The van der Waals surface area contributed by atoms with Crippen molar-refractivity contribution in [1.29, 1.82) is 0 Å². The molecule has 0 fully saturated rings. The monoisotopic (exact) mass is 1270 g/mol. The highest BCUT2D eigenvalue weighted by molar-refractivity contribution is 6.20. The molecule has 4 heteroatoms. The summed E-state index contributed by atoms with van der Waals surface area (Å²) in [7, 11) is 0. The summed E-state index contributed by atoms with van der Waals surface area (Å²) < 4.78 is 9.78. The standard InChI is InChI=1S/2C48H30N2/c1-2-12-31(13-3-1)32-14-10-15-35(28-32)49-44-22-8-7-19-39(44)42-29-33(24-26-46(42)49)34-25-27-47-43(30-34)41-21-11-20-40-37-17-5-4-16-36(37)38-18-6-9-23-45(38)50(47)48(40)41;1-2-11-31(12-3-1)32-21-25-35(26-22-32)49-44-19-8-7-16-39(44)42-29-33(23-27-46(42)49)34-24-28-47-43(30-34)41-18-10-17-40-37-14-5-4-13-36(37)38-15-6-9-20-45(38)50(47)48(40)41/h2*1-30H. The molecule has 100 heavy (non-hydrogen) atoms. The molecule has 20 aromatic rings. The molecule has 464 valence electrons. The van der Waals surface area contributed by atoms with Crippen molar-refractivity contribution in [3.05, 3.63) is 364 Å². The van der Waals surface area contributed by atoms with Crippen LogP contribution >= 0.6 is 0 Å². The first kappa shape index (κ1) is 55.9. The third-order valence-electron chi connectivity index (χ3n) is 21.3. The molecule has 6 heterocycles. The van der Waals surface area contributed by atoms with Gasteiger partial charge < -0.3 is 18.3 Å². The molecule has 0 saturated carbocycles. The normalized spacial score (nSPS) is 12.0. The van der Waals surface area contributed by atoms with Gasteiger partial charge >= 0.3 is 0 Å². The largest absolute Gasteiger partial charge is 0.309 e. The first-order chi connectivity index (χ1) is 49.6. The third-order valence-corrected chi connectivity index (χ3v) is 21.3. The summed E-state index contributed by atoms with van der Waals surface area (Å²) in [6.07, 6.45) is 0. The van der Waals surface area contributed by atoms with Crippen molar-refractivity contribution in [2.45, 2.75) is 0 Å². The Balaban J connectivity index is 0.000000131. The molecular weight excluding hydrogens is 1210 g/mol. The van der Waals surface area contributed by atoms with Gasteiger partial charge in [-0.3, -0.25) is 0 Å². The Morgan fingerprint density at radius 2 is 0.430 bits per heavy atom. The molecule has 4 nitrogen and oxygen atoms in total. The lowest BCUT2D eigenvalue weighted by Crippen LogP contribution is -1.95. The molecule has 0 bridgehead atoms. The fraction of sp³-hybridized carbons (Fsp3) is 0. The van der Waals surface area contributed by atoms with Crippen molar-refractivity contribution >= 4 is 87.2 Å². The van der Waals surface area contributed by atoms with Gasteiger partial charge in [0.15, 0.2) is 0 Å². The quantitative estimate of drug-likeness (QED) is 0.158. The van der Waals surface area contributed by atoms with E-state index >= 15 is 0 Å². The molecule has 0 amide bonds. The van der Waals surface area contributed by atoms with Crippen molar-refractivity contribution in [2.75, 3.05) is 0 Å². The van der Waals surface area contributed by atoms with Gasteiger partial charge in [0.2, 0.25) is 0 Å². The molecule has 16 aromatic carbocycles. The summed E-state index contributed by atoms with van der Waals surface area (Å²) in [4.78, 5) is 0. The minimum Gasteiger partial charge on any atom is -0.309 e. The van der Waals surface area contributed by atoms with Gasteiger partial charge in [-0.1, -0.05) is 267 Å². The second-order valence-corrected chi connectivity index (χ2v) is 26.7. The number of hydrogen-bond acceptors (Lipinski definition) is 0. The van der Waals surface area contributed by atoms with Gasteiger partial charge in [0.25, 0.3) is 0 Å². The number of aromatic nitrogens is 4. The van der Waals surface area contributed by atoms with E-state index in [-0.39, 0.29) is 0 Å². The predicted molar refractivity (Wildman–Crippen MR) is 421 cm³/mol. The lowest BCUT2D eigenvalue weighted by atomic mass is 9.93. The Morgan fingerprint density at radius 3 is 0.900 bits per heavy atom. The Morgan fingerprint density at radius 1 is 0.140 bits per heavy atom. The summed E-state index contributed by atoms with van der Waals surface area (Å²) in [6, 6.07) is 133. The molecule has 0 aliphatic carbocycles. The third kappa shape index (κ3) is 8.47. The summed E-state index contributed by atoms with van der Waals surface area (Å²) >= 11 is 0. The van der Waals surface area contributed by atoms with Crippen LogP contribution in [0, 0.1) is 0 Å². The van der Waals surface area contributed by atoms with Gasteiger partial charge in [-0.15, -0.1) is 0 Å². The second-order valence-electron chi connectivity index (χ2n) is 26.7. The van der Waals surface area contributed by atoms with Crippen LogP contribution < -0.4 is 0 Å². The Kier molecular flexibility index (Phi) is 12.4. The molecule has 0 spiro atoms. The zero-order valence-corrected chi connectivity index (χ0v) is 54.4. The molecule has 2 aliphatic rings. The summed E-state index contributed by atoms with van der Waals surface area (Å²) in [6.45, 7) is 0. The predicted octanol–water partition coefficient (Wildman–Crippen LogP) is 25.7. The molecule has 0 radical (unpaired) electrons. The zero-order chi connectivity index (χ0) is 65.5. The molecule has 0 N–H and O–H groups in total. The zero-order valence-electron chi connectivity index (χ0n) is 54.4. The first-order valence-electron chi connectivity index (χ1n) is 34.6. The van der Waals surface area contributed by atoms with Crippen LogP contribution in [0.2, 0.25) is 0 Å². The molecular formula is C96H60N4. The maximum absolute atomic E-state index is 2.49. The van der Waals surface area contributed by atoms with Gasteiger partial charge in [-0.05, 0) is 164 Å². The first-order valence-corrected chi connectivity index (χ1v) is 34.6. The van der Waals surface area contributed by atoms with E-state index in [1.807, 2.05) is 0 Å². The van der Waals surface area contributed by atoms with E-state index in [1.54, 1.807) is 0 Å². The Bertz CT molecular complexity index is 6750. The number of benzene rings is 16. The summed E-state index contributed by atoms with van der Waals surface area (Å²) in [5.41, 5.74) is 34.6. The number of fused-ring (bicyclic) bond motifs is 22. The van der Waals surface area contributed by atoms with E-state index in [0.29, 0.717) is 0 Å². The fourth-order valence-electron chi connectivity index (χ4n) is 16.9. The average Bonchev–Trinajstić information content (AvgIpc) is 1.56. The van der Waals surface area contributed by atoms with Crippen LogP contribution in [-0.2, 0) is 0 Å². The van der Waals surface area contributed by atoms with Crippen molar-refractivity contribution in [1.82, 2.24) is 18.3 Å². The molecule has 22 rings (SSSR count). The second kappa shape index (κ2) is 22.1. The smallest absolute Gasteiger partial charge is 0.0619 e. The van der Waals surface area contributed by atoms with Crippen molar-refractivity contribution in [2.24, 2.45) is 0 Å². The maximum Gasteiger partial charge on any atom is 0.0619 e. The fourth-order valence-corrected chi connectivity index (χ4v) is 16.9. The molecule has 2 aliphatic heterocycles. The lowest BCUT2D eigenvalue weighted by Gasteiger charge is -2.12. The van der Waals surface area contributed by atoms with E-state index in [9.17, 15) is 0 Å². The summed E-state index contributed by atoms with van der Waals surface area (Å²) in [5, 5.41) is 10.1. The van der Waals surface area contributed by atoms with Crippen molar-refractivity contribution < 1.29 is 0 Å². The van der Waals surface area contributed by atoms with E-state index in [0.717, 1.165) is 5.69 Å². The van der Waals surface area contributed by atoms with Crippen LogP contribution in [-0.4, -0.2) is 18.3 Å². The minimum absolute atomic E-state index is 1.16. The Labute approximate surface area is 577 Å². The number of nitrogens with zero attached hydrogens (tertiary/aromatic N) is 4. The lowest BCUT2D eigenvalue weighted by molar-refractivity contribution is 1.18. The molecule has 4 aromatic heterocycles. The van der Waals surface area contributed by atoms with Crippen LogP contribution in [0.1, 0.15) is 0 Å². The number of rotatable bonds is 6. The maximum atomic E-state index is 2.49. The summed E-state index contributed by atoms with van der Waals surface area (Å²) in [5.74, 6) is 0. The molecule has 0 unspecified atom stereocenters.